The highest BCUT2D eigenvalue weighted by Crippen LogP contribution is 2.39. The Labute approximate surface area is 101 Å². The molecule has 2 saturated heterocycles. The second-order valence-electron chi connectivity index (χ2n) is 6.96. The van der Waals surface area contributed by atoms with Crippen LogP contribution < -0.4 is 0 Å². The van der Waals surface area contributed by atoms with Crippen LogP contribution >= 0.6 is 0 Å². The normalized spacial score (nSPS) is 25.1. The first-order valence-electron chi connectivity index (χ1n) is 6.94. The monoisotopic (exact) mass is 224 g/mol. The van der Waals surface area contributed by atoms with E-state index in [1.165, 1.54) is 45.7 Å². The predicted octanol–water partition coefficient (Wildman–Crippen LogP) is 2.31. The fourth-order valence-electron chi connectivity index (χ4n) is 3.25. The summed E-state index contributed by atoms with van der Waals surface area (Å²) in [6.45, 7) is 17.4. The minimum atomic E-state index is 0.714. The van der Waals surface area contributed by atoms with Gasteiger partial charge < -0.3 is 9.80 Å². The van der Waals surface area contributed by atoms with Gasteiger partial charge in [0.25, 0.3) is 0 Å². The van der Waals surface area contributed by atoms with E-state index in [0.29, 0.717) is 5.41 Å². The van der Waals surface area contributed by atoms with Gasteiger partial charge in [-0.15, -0.1) is 0 Å². The Morgan fingerprint density at radius 1 is 0.875 bits per heavy atom. The molecule has 1 spiro atoms. The van der Waals surface area contributed by atoms with E-state index in [9.17, 15) is 0 Å². The van der Waals surface area contributed by atoms with Gasteiger partial charge in [-0.3, -0.25) is 0 Å². The van der Waals surface area contributed by atoms with Gasteiger partial charge >= 0.3 is 0 Å². The molecule has 0 aromatic heterocycles. The lowest BCUT2D eigenvalue weighted by Gasteiger charge is -2.61. The standard InChI is InChI=1S/C14H28N2/c1-12(2)5-6-15-8-14(9-15)10-16(11-14)7-13(3)4/h12-13H,5-11H2,1-4H3. The van der Waals surface area contributed by atoms with Crippen molar-refractivity contribution in [3.63, 3.8) is 0 Å². The first-order valence-corrected chi connectivity index (χ1v) is 6.94. The molecular formula is C14H28N2. The van der Waals surface area contributed by atoms with Gasteiger partial charge in [0, 0.05) is 38.1 Å². The Kier molecular flexibility index (Phi) is 3.60. The van der Waals surface area contributed by atoms with Gasteiger partial charge in [-0.2, -0.15) is 0 Å². The first-order chi connectivity index (χ1) is 7.49. The molecule has 2 nitrogen and oxygen atoms in total. The van der Waals surface area contributed by atoms with Crippen molar-refractivity contribution in [1.29, 1.82) is 0 Å². The van der Waals surface area contributed by atoms with Gasteiger partial charge in [-0.1, -0.05) is 27.7 Å². The highest BCUT2D eigenvalue weighted by atomic mass is 15.3. The molecule has 2 fully saturated rings. The molecule has 2 aliphatic rings. The largest absolute Gasteiger partial charge is 0.302 e. The topological polar surface area (TPSA) is 6.48 Å². The molecule has 0 atom stereocenters. The third kappa shape index (κ3) is 2.78. The van der Waals surface area contributed by atoms with E-state index in [1.807, 2.05) is 0 Å². The van der Waals surface area contributed by atoms with Crippen LogP contribution in [0.4, 0.5) is 0 Å². The zero-order chi connectivity index (χ0) is 11.8. The summed E-state index contributed by atoms with van der Waals surface area (Å²) >= 11 is 0. The molecule has 0 unspecified atom stereocenters. The number of rotatable bonds is 5. The van der Waals surface area contributed by atoms with Gasteiger partial charge in [0.1, 0.15) is 0 Å². The molecule has 0 saturated carbocycles. The SMILES string of the molecule is CC(C)CCN1CC2(C1)CN(CC(C)C)C2. The van der Waals surface area contributed by atoms with Crippen LogP contribution in [0.1, 0.15) is 34.1 Å². The molecule has 0 amide bonds. The molecule has 2 heterocycles. The molecule has 0 aliphatic carbocycles. The predicted molar refractivity (Wildman–Crippen MR) is 69.6 cm³/mol. The number of likely N-dealkylation sites (tertiary alicyclic amines) is 2. The van der Waals surface area contributed by atoms with Crippen LogP contribution in [0.15, 0.2) is 0 Å². The van der Waals surface area contributed by atoms with Crippen molar-refractivity contribution in [2.24, 2.45) is 17.3 Å². The summed E-state index contributed by atoms with van der Waals surface area (Å²) in [6, 6.07) is 0. The second kappa shape index (κ2) is 4.66. The van der Waals surface area contributed by atoms with Crippen LogP contribution in [0.3, 0.4) is 0 Å². The molecule has 0 bridgehead atoms. The Bertz CT molecular complexity index is 221. The maximum Gasteiger partial charge on any atom is 0.0212 e. The highest BCUT2D eigenvalue weighted by Gasteiger charge is 2.50. The quantitative estimate of drug-likeness (QED) is 0.707. The molecule has 2 aliphatic heterocycles. The van der Waals surface area contributed by atoms with Gasteiger partial charge in [0.2, 0.25) is 0 Å². The van der Waals surface area contributed by atoms with Crippen molar-refractivity contribution < 1.29 is 0 Å². The van der Waals surface area contributed by atoms with Crippen molar-refractivity contribution in [3.05, 3.63) is 0 Å². The van der Waals surface area contributed by atoms with Crippen molar-refractivity contribution in [2.45, 2.75) is 34.1 Å². The maximum absolute atomic E-state index is 2.65. The Morgan fingerprint density at radius 3 is 1.94 bits per heavy atom. The molecule has 0 aromatic rings. The van der Waals surface area contributed by atoms with Crippen LogP contribution in [0.2, 0.25) is 0 Å². The number of hydrogen-bond acceptors (Lipinski definition) is 2. The maximum atomic E-state index is 2.65. The molecule has 2 rings (SSSR count). The lowest BCUT2D eigenvalue weighted by molar-refractivity contribution is -0.118. The minimum Gasteiger partial charge on any atom is -0.302 e. The van der Waals surface area contributed by atoms with Crippen LogP contribution in [0.5, 0.6) is 0 Å². The molecule has 0 aromatic carbocycles. The van der Waals surface area contributed by atoms with Crippen molar-refractivity contribution in [3.8, 4) is 0 Å². The summed E-state index contributed by atoms with van der Waals surface area (Å²) < 4.78 is 0. The van der Waals surface area contributed by atoms with Crippen molar-refractivity contribution in [1.82, 2.24) is 9.80 Å². The average molecular weight is 224 g/mol. The van der Waals surface area contributed by atoms with Crippen molar-refractivity contribution in [2.75, 3.05) is 39.3 Å². The van der Waals surface area contributed by atoms with E-state index in [1.54, 1.807) is 0 Å². The van der Waals surface area contributed by atoms with E-state index in [2.05, 4.69) is 37.5 Å². The van der Waals surface area contributed by atoms with E-state index in [4.69, 9.17) is 0 Å². The summed E-state index contributed by atoms with van der Waals surface area (Å²) in [5.41, 5.74) is 0.714. The van der Waals surface area contributed by atoms with E-state index >= 15 is 0 Å². The smallest absolute Gasteiger partial charge is 0.0212 e. The molecule has 0 N–H and O–H groups in total. The van der Waals surface area contributed by atoms with Gasteiger partial charge in [0.15, 0.2) is 0 Å². The van der Waals surface area contributed by atoms with Gasteiger partial charge in [-0.25, -0.2) is 0 Å². The first kappa shape index (κ1) is 12.4. The van der Waals surface area contributed by atoms with E-state index < -0.39 is 0 Å². The average Bonchev–Trinajstić information content (AvgIpc) is 2.03. The lowest BCUT2D eigenvalue weighted by atomic mass is 9.72. The Morgan fingerprint density at radius 2 is 1.44 bits per heavy atom. The zero-order valence-corrected chi connectivity index (χ0v) is 11.5. The number of nitrogens with zero attached hydrogens (tertiary/aromatic N) is 2. The van der Waals surface area contributed by atoms with Gasteiger partial charge in [-0.05, 0) is 24.8 Å². The summed E-state index contributed by atoms with van der Waals surface area (Å²) in [7, 11) is 0. The van der Waals surface area contributed by atoms with Crippen LogP contribution in [-0.2, 0) is 0 Å². The lowest BCUT2D eigenvalue weighted by Crippen LogP contribution is -2.72. The summed E-state index contributed by atoms with van der Waals surface area (Å²) in [6.07, 6.45) is 1.37. The fourth-order valence-corrected chi connectivity index (χ4v) is 3.25. The summed E-state index contributed by atoms with van der Waals surface area (Å²) in [5.74, 6) is 1.69. The molecule has 2 heteroatoms. The third-order valence-corrected chi connectivity index (χ3v) is 3.88. The van der Waals surface area contributed by atoms with E-state index in [-0.39, 0.29) is 0 Å². The van der Waals surface area contributed by atoms with Crippen LogP contribution in [-0.4, -0.2) is 49.1 Å². The number of hydrogen-bond donors (Lipinski definition) is 0. The highest BCUT2D eigenvalue weighted by molar-refractivity contribution is 5.05. The van der Waals surface area contributed by atoms with Crippen molar-refractivity contribution >= 4 is 0 Å². The third-order valence-electron chi connectivity index (χ3n) is 3.88. The zero-order valence-electron chi connectivity index (χ0n) is 11.5. The molecule has 94 valence electrons. The Hall–Kier alpha value is -0.0800. The summed E-state index contributed by atoms with van der Waals surface area (Å²) in [5, 5.41) is 0. The molecule has 16 heavy (non-hydrogen) atoms. The second-order valence-corrected chi connectivity index (χ2v) is 6.96. The van der Waals surface area contributed by atoms with E-state index in [0.717, 1.165) is 11.8 Å². The minimum absolute atomic E-state index is 0.714. The fraction of sp³-hybridized carbons (Fsp3) is 1.00. The van der Waals surface area contributed by atoms with Crippen LogP contribution in [0, 0.1) is 17.3 Å². The Balaban J connectivity index is 1.59. The van der Waals surface area contributed by atoms with Gasteiger partial charge in [0.05, 0.1) is 0 Å². The summed E-state index contributed by atoms with van der Waals surface area (Å²) in [4.78, 5) is 5.27. The molecular weight excluding hydrogens is 196 g/mol. The van der Waals surface area contributed by atoms with Crippen LogP contribution in [0.25, 0.3) is 0 Å². The molecule has 0 radical (unpaired) electrons.